The van der Waals surface area contributed by atoms with E-state index in [4.69, 9.17) is 5.11 Å². The van der Waals surface area contributed by atoms with E-state index in [0.717, 1.165) is 0 Å². The van der Waals surface area contributed by atoms with Gasteiger partial charge in [-0.1, -0.05) is 13.8 Å². The molecule has 0 aliphatic heterocycles. The van der Waals surface area contributed by atoms with Crippen LogP contribution < -0.4 is 0 Å². The molecule has 0 spiro atoms. The molecule has 0 aliphatic rings. The molecule has 2 nitrogen and oxygen atoms in total. The zero-order valence-corrected chi connectivity index (χ0v) is 8.48. The molecule has 1 unspecified atom stereocenters. The van der Waals surface area contributed by atoms with Crippen LogP contribution in [0.4, 0.5) is 13.2 Å². The molecule has 0 saturated heterocycles. The third-order valence-corrected chi connectivity index (χ3v) is 2.69. The van der Waals surface area contributed by atoms with Crippen LogP contribution in [0.3, 0.4) is 0 Å². The summed E-state index contributed by atoms with van der Waals surface area (Å²) >= 11 is 0. The molecule has 0 rings (SSSR count). The van der Waals surface area contributed by atoms with Gasteiger partial charge in [0.25, 0.3) is 0 Å². The fourth-order valence-corrected chi connectivity index (χ4v) is 1.04. The van der Waals surface area contributed by atoms with Crippen LogP contribution in [0.2, 0.25) is 0 Å². The van der Waals surface area contributed by atoms with Gasteiger partial charge in [0.15, 0.2) is 0 Å². The Kier molecular flexibility index (Phi) is 3.97. The molecule has 0 aliphatic carbocycles. The van der Waals surface area contributed by atoms with Gasteiger partial charge in [0.05, 0.1) is 5.41 Å². The van der Waals surface area contributed by atoms with Crippen LogP contribution in [0.5, 0.6) is 0 Å². The molecule has 0 aromatic carbocycles. The maximum absolute atomic E-state index is 11.9. The minimum Gasteiger partial charge on any atom is -0.481 e. The molecule has 0 aromatic rings. The first-order chi connectivity index (χ1) is 6.09. The standard InChI is InChI=1S/C9H15F3O2/c1-6(2)8(3,7(13)14)4-5-9(10,11)12/h6H,4-5H2,1-3H3,(H,13,14). The Balaban J connectivity index is 4.48. The van der Waals surface area contributed by atoms with Gasteiger partial charge in [0, 0.05) is 6.42 Å². The van der Waals surface area contributed by atoms with Crippen molar-refractivity contribution in [3.8, 4) is 0 Å². The van der Waals surface area contributed by atoms with Crippen molar-refractivity contribution >= 4 is 5.97 Å². The van der Waals surface area contributed by atoms with Crippen LogP contribution in [-0.4, -0.2) is 17.3 Å². The van der Waals surface area contributed by atoms with Crippen molar-refractivity contribution in [1.29, 1.82) is 0 Å². The molecule has 0 heterocycles. The molecule has 0 radical (unpaired) electrons. The topological polar surface area (TPSA) is 37.3 Å². The highest BCUT2D eigenvalue weighted by atomic mass is 19.4. The number of aliphatic carboxylic acids is 1. The lowest BCUT2D eigenvalue weighted by Gasteiger charge is -2.29. The summed E-state index contributed by atoms with van der Waals surface area (Å²) < 4.78 is 35.8. The van der Waals surface area contributed by atoms with Crippen molar-refractivity contribution in [3.05, 3.63) is 0 Å². The minimum absolute atomic E-state index is 0.317. The number of carboxylic acids is 1. The summed E-state index contributed by atoms with van der Waals surface area (Å²) in [6, 6.07) is 0. The van der Waals surface area contributed by atoms with Crippen molar-refractivity contribution in [3.63, 3.8) is 0 Å². The van der Waals surface area contributed by atoms with Crippen LogP contribution in [0.25, 0.3) is 0 Å². The monoisotopic (exact) mass is 212 g/mol. The molecular formula is C9H15F3O2. The Morgan fingerprint density at radius 2 is 1.71 bits per heavy atom. The predicted molar refractivity (Wildman–Crippen MR) is 45.9 cm³/mol. The van der Waals surface area contributed by atoms with E-state index >= 15 is 0 Å². The third kappa shape index (κ3) is 3.55. The van der Waals surface area contributed by atoms with Crippen molar-refractivity contribution in [1.82, 2.24) is 0 Å². The second-order valence-corrected chi connectivity index (χ2v) is 3.99. The van der Waals surface area contributed by atoms with E-state index in [2.05, 4.69) is 0 Å². The fraction of sp³-hybridized carbons (Fsp3) is 0.889. The lowest BCUT2D eigenvalue weighted by atomic mass is 9.75. The molecule has 0 aromatic heterocycles. The van der Waals surface area contributed by atoms with Crippen LogP contribution in [0.15, 0.2) is 0 Å². The number of carboxylic acid groups (broad SMARTS) is 1. The Labute approximate surface area is 81.1 Å². The molecule has 84 valence electrons. The molecule has 1 atom stereocenters. The average molecular weight is 212 g/mol. The summed E-state index contributed by atoms with van der Waals surface area (Å²) in [5.41, 5.74) is -1.30. The summed E-state index contributed by atoms with van der Waals surface area (Å²) in [6.45, 7) is 4.58. The number of alkyl halides is 3. The van der Waals surface area contributed by atoms with Gasteiger partial charge in [-0.25, -0.2) is 0 Å². The fourth-order valence-electron chi connectivity index (χ4n) is 1.04. The first kappa shape index (κ1) is 13.3. The summed E-state index contributed by atoms with van der Waals surface area (Å²) in [5, 5.41) is 8.83. The highest BCUT2D eigenvalue weighted by Crippen LogP contribution is 2.36. The van der Waals surface area contributed by atoms with E-state index in [1.54, 1.807) is 13.8 Å². The van der Waals surface area contributed by atoms with Crippen molar-refractivity contribution in [2.45, 2.75) is 39.8 Å². The highest BCUT2D eigenvalue weighted by molar-refractivity contribution is 5.74. The Morgan fingerprint density at radius 3 is 1.93 bits per heavy atom. The van der Waals surface area contributed by atoms with Crippen LogP contribution >= 0.6 is 0 Å². The highest BCUT2D eigenvalue weighted by Gasteiger charge is 2.40. The first-order valence-electron chi connectivity index (χ1n) is 4.40. The number of carbonyl (C=O) groups is 1. The van der Waals surface area contributed by atoms with Gasteiger partial charge in [-0.3, -0.25) is 4.79 Å². The lowest BCUT2D eigenvalue weighted by molar-refractivity contribution is -0.160. The molecular weight excluding hydrogens is 197 g/mol. The number of hydrogen-bond donors (Lipinski definition) is 1. The van der Waals surface area contributed by atoms with E-state index in [9.17, 15) is 18.0 Å². The van der Waals surface area contributed by atoms with Gasteiger partial charge >= 0.3 is 12.1 Å². The van der Waals surface area contributed by atoms with E-state index in [0.29, 0.717) is 0 Å². The van der Waals surface area contributed by atoms with Crippen LogP contribution in [0, 0.1) is 11.3 Å². The van der Waals surface area contributed by atoms with Crippen molar-refractivity contribution < 1.29 is 23.1 Å². The molecule has 0 saturated carbocycles. The quantitative estimate of drug-likeness (QED) is 0.777. The van der Waals surface area contributed by atoms with E-state index in [1.807, 2.05) is 0 Å². The van der Waals surface area contributed by atoms with Crippen molar-refractivity contribution in [2.75, 3.05) is 0 Å². The van der Waals surface area contributed by atoms with Gasteiger partial charge in [0.2, 0.25) is 0 Å². The summed E-state index contributed by atoms with van der Waals surface area (Å²) in [6.07, 6.45) is -5.71. The second-order valence-electron chi connectivity index (χ2n) is 3.99. The second kappa shape index (κ2) is 4.19. The summed E-state index contributed by atoms with van der Waals surface area (Å²) in [7, 11) is 0. The zero-order chi connectivity index (χ0) is 11.6. The van der Waals surface area contributed by atoms with Gasteiger partial charge in [0.1, 0.15) is 0 Å². The molecule has 5 heteroatoms. The minimum atomic E-state index is -4.29. The van der Waals surface area contributed by atoms with Gasteiger partial charge in [-0.15, -0.1) is 0 Å². The Morgan fingerprint density at radius 1 is 1.29 bits per heavy atom. The van der Waals surface area contributed by atoms with Gasteiger partial charge < -0.3 is 5.11 Å². The average Bonchev–Trinajstić information content (AvgIpc) is 1.97. The van der Waals surface area contributed by atoms with E-state index < -0.39 is 24.0 Å². The molecule has 0 amide bonds. The number of hydrogen-bond acceptors (Lipinski definition) is 1. The largest absolute Gasteiger partial charge is 0.481 e. The maximum Gasteiger partial charge on any atom is 0.389 e. The lowest BCUT2D eigenvalue weighted by Crippen LogP contribution is -2.34. The first-order valence-corrected chi connectivity index (χ1v) is 4.40. The van der Waals surface area contributed by atoms with Crippen LogP contribution in [-0.2, 0) is 4.79 Å². The summed E-state index contributed by atoms with van der Waals surface area (Å²) in [5.74, 6) is -1.49. The summed E-state index contributed by atoms with van der Waals surface area (Å²) in [4.78, 5) is 10.8. The number of halogens is 3. The van der Waals surface area contributed by atoms with Crippen LogP contribution in [0.1, 0.15) is 33.6 Å². The third-order valence-electron chi connectivity index (χ3n) is 2.69. The maximum atomic E-state index is 11.9. The molecule has 14 heavy (non-hydrogen) atoms. The van der Waals surface area contributed by atoms with E-state index in [-0.39, 0.29) is 12.3 Å². The Hall–Kier alpha value is -0.740. The van der Waals surface area contributed by atoms with Crippen molar-refractivity contribution in [2.24, 2.45) is 11.3 Å². The van der Waals surface area contributed by atoms with E-state index in [1.165, 1.54) is 6.92 Å². The SMILES string of the molecule is CC(C)C(C)(CCC(F)(F)F)C(=O)O. The predicted octanol–water partition coefficient (Wildman–Crippen LogP) is 3.08. The molecule has 1 N–H and O–H groups in total. The smallest absolute Gasteiger partial charge is 0.389 e. The number of rotatable bonds is 4. The Bertz CT molecular complexity index is 211. The normalized spacial score (nSPS) is 16.8. The molecule has 0 bridgehead atoms. The van der Waals surface area contributed by atoms with Gasteiger partial charge in [-0.2, -0.15) is 13.2 Å². The molecule has 0 fully saturated rings. The van der Waals surface area contributed by atoms with Gasteiger partial charge in [-0.05, 0) is 19.3 Å². The zero-order valence-electron chi connectivity index (χ0n) is 8.48.